The van der Waals surface area contributed by atoms with E-state index in [-0.39, 0.29) is 18.5 Å². The number of urea groups is 1. The van der Waals surface area contributed by atoms with Gasteiger partial charge in [0, 0.05) is 25.7 Å². The summed E-state index contributed by atoms with van der Waals surface area (Å²) in [7, 11) is 0. The Balaban J connectivity index is 2.65. The summed E-state index contributed by atoms with van der Waals surface area (Å²) in [6, 6.07) is -0.519. The van der Waals surface area contributed by atoms with Gasteiger partial charge in [-0.2, -0.15) is 0 Å². The van der Waals surface area contributed by atoms with Crippen molar-refractivity contribution in [2.24, 2.45) is 5.92 Å². The molecule has 0 bridgehead atoms. The molecule has 0 saturated carbocycles. The third-order valence-electron chi connectivity index (χ3n) is 3.29. The van der Waals surface area contributed by atoms with Gasteiger partial charge in [-0.05, 0) is 19.8 Å². The predicted octanol–water partition coefficient (Wildman–Crippen LogP) is 0.431. The number of amides is 4. The van der Waals surface area contributed by atoms with Gasteiger partial charge in [-0.3, -0.25) is 14.5 Å². The first-order chi connectivity index (χ1) is 8.38. The van der Waals surface area contributed by atoms with E-state index in [0.717, 1.165) is 4.90 Å². The fourth-order valence-electron chi connectivity index (χ4n) is 1.61. The summed E-state index contributed by atoms with van der Waals surface area (Å²) in [6.07, 6.45) is 0. The van der Waals surface area contributed by atoms with Crippen LogP contribution in [0.3, 0.4) is 0 Å². The Kier molecular flexibility index (Phi) is 4.69. The van der Waals surface area contributed by atoms with Crippen molar-refractivity contribution >= 4 is 17.8 Å². The fourth-order valence-corrected chi connectivity index (χ4v) is 1.61. The monoisotopic (exact) mass is 255 g/mol. The Labute approximate surface area is 107 Å². The van der Waals surface area contributed by atoms with Crippen molar-refractivity contribution in [2.45, 2.75) is 33.7 Å². The lowest BCUT2D eigenvalue weighted by Crippen LogP contribution is -2.59. The molecule has 0 aromatic heterocycles. The Morgan fingerprint density at radius 1 is 1.22 bits per heavy atom. The van der Waals surface area contributed by atoms with Gasteiger partial charge in [-0.15, -0.1) is 0 Å². The fraction of sp³-hybridized carbons (Fsp3) is 0.750. The minimum atomic E-state index is -0.739. The van der Waals surface area contributed by atoms with Crippen molar-refractivity contribution in [3.05, 3.63) is 0 Å². The Bertz CT molecular complexity index is 354. The van der Waals surface area contributed by atoms with Crippen LogP contribution in [0.4, 0.5) is 4.79 Å². The molecule has 1 heterocycles. The Morgan fingerprint density at radius 3 is 2.33 bits per heavy atom. The van der Waals surface area contributed by atoms with Crippen LogP contribution in [0.5, 0.6) is 0 Å². The summed E-state index contributed by atoms with van der Waals surface area (Å²) in [5.41, 5.74) is 0. The van der Waals surface area contributed by atoms with Crippen molar-refractivity contribution in [1.82, 2.24) is 15.1 Å². The number of hydrogen-bond donors (Lipinski definition) is 1. The average Bonchev–Trinajstić information content (AvgIpc) is 2.32. The minimum Gasteiger partial charge on any atom is -0.335 e. The van der Waals surface area contributed by atoms with E-state index in [2.05, 4.69) is 5.32 Å². The molecule has 0 radical (unpaired) electrons. The number of piperazine rings is 1. The largest absolute Gasteiger partial charge is 0.335 e. The average molecular weight is 255 g/mol. The van der Waals surface area contributed by atoms with Crippen molar-refractivity contribution in [1.29, 1.82) is 0 Å². The molecule has 6 nitrogen and oxygen atoms in total. The van der Waals surface area contributed by atoms with Crippen LogP contribution in [0.1, 0.15) is 27.7 Å². The second kappa shape index (κ2) is 5.84. The molecule has 0 aromatic carbocycles. The van der Waals surface area contributed by atoms with E-state index in [1.807, 2.05) is 27.7 Å². The van der Waals surface area contributed by atoms with E-state index in [9.17, 15) is 14.4 Å². The first-order valence-electron chi connectivity index (χ1n) is 6.29. The van der Waals surface area contributed by atoms with Crippen LogP contribution in [-0.4, -0.2) is 53.3 Å². The molecule has 102 valence electrons. The normalized spacial score (nSPS) is 18.3. The lowest BCUT2D eigenvalue weighted by molar-refractivity contribution is -0.153. The molecule has 1 rings (SSSR count). The van der Waals surface area contributed by atoms with Crippen molar-refractivity contribution in [3.8, 4) is 0 Å². The van der Waals surface area contributed by atoms with Crippen molar-refractivity contribution in [3.63, 3.8) is 0 Å². The summed E-state index contributed by atoms with van der Waals surface area (Å²) in [5.74, 6) is -1.07. The summed E-state index contributed by atoms with van der Waals surface area (Å²) in [6.45, 7) is 8.79. The minimum absolute atomic E-state index is 0.0374. The third kappa shape index (κ3) is 3.00. The van der Waals surface area contributed by atoms with Gasteiger partial charge < -0.3 is 10.2 Å². The van der Waals surface area contributed by atoms with E-state index in [0.29, 0.717) is 13.1 Å². The number of carbonyl (C=O) groups excluding carboxylic acids is 3. The van der Waals surface area contributed by atoms with Gasteiger partial charge >= 0.3 is 17.8 Å². The smallest absolute Gasteiger partial charge is 0.324 e. The summed E-state index contributed by atoms with van der Waals surface area (Å²) < 4.78 is 0. The SMILES string of the molecule is CCN1CCN(C(=O)NC(C)C(C)C)C(=O)C1=O. The van der Waals surface area contributed by atoms with Gasteiger partial charge in [0.05, 0.1) is 0 Å². The van der Waals surface area contributed by atoms with Gasteiger partial charge in [0.15, 0.2) is 0 Å². The number of imide groups is 1. The molecule has 1 unspecified atom stereocenters. The quantitative estimate of drug-likeness (QED) is 0.744. The van der Waals surface area contributed by atoms with Gasteiger partial charge in [-0.25, -0.2) is 4.79 Å². The van der Waals surface area contributed by atoms with Gasteiger partial charge in [0.1, 0.15) is 0 Å². The van der Waals surface area contributed by atoms with E-state index in [4.69, 9.17) is 0 Å². The highest BCUT2D eigenvalue weighted by Gasteiger charge is 2.35. The van der Waals surface area contributed by atoms with Crippen LogP contribution in [0.2, 0.25) is 0 Å². The molecule has 6 heteroatoms. The van der Waals surface area contributed by atoms with Crippen molar-refractivity contribution < 1.29 is 14.4 Å². The third-order valence-corrected chi connectivity index (χ3v) is 3.29. The highest BCUT2D eigenvalue weighted by atomic mass is 16.2. The molecule has 1 fully saturated rings. The highest BCUT2D eigenvalue weighted by Crippen LogP contribution is 2.07. The number of rotatable bonds is 3. The molecule has 1 aliphatic rings. The molecule has 1 aliphatic heterocycles. The topological polar surface area (TPSA) is 69.7 Å². The zero-order valence-electron chi connectivity index (χ0n) is 11.4. The van der Waals surface area contributed by atoms with E-state index < -0.39 is 17.8 Å². The van der Waals surface area contributed by atoms with Gasteiger partial charge in [0.2, 0.25) is 0 Å². The predicted molar refractivity (Wildman–Crippen MR) is 66.8 cm³/mol. The van der Waals surface area contributed by atoms with Crippen LogP contribution in [0.25, 0.3) is 0 Å². The molecule has 0 spiro atoms. The molecular formula is C12H21N3O3. The molecule has 1 saturated heterocycles. The summed E-state index contributed by atoms with van der Waals surface area (Å²) >= 11 is 0. The maximum atomic E-state index is 11.9. The number of hydrogen-bond acceptors (Lipinski definition) is 3. The molecule has 0 aromatic rings. The van der Waals surface area contributed by atoms with E-state index >= 15 is 0 Å². The van der Waals surface area contributed by atoms with E-state index in [1.165, 1.54) is 4.90 Å². The molecule has 1 atom stereocenters. The first-order valence-corrected chi connectivity index (χ1v) is 6.29. The van der Waals surface area contributed by atoms with Crippen molar-refractivity contribution in [2.75, 3.05) is 19.6 Å². The lowest BCUT2D eigenvalue weighted by atomic mass is 10.1. The molecule has 1 N–H and O–H groups in total. The van der Waals surface area contributed by atoms with Crippen LogP contribution in [0, 0.1) is 5.92 Å². The van der Waals surface area contributed by atoms with Gasteiger partial charge in [-0.1, -0.05) is 13.8 Å². The number of likely N-dealkylation sites (N-methyl/N-ethyl adjacent to an activating group) is 1. The van der Waals surface area contributed by atoms with Crippen LogP contribution in [-0.2, 0) is 9.59 Å². The zero-order valence-corrected chi connectivity index (χ0v) is 11.4. The maximum absolute atomic E-state index is 11.9. The lowest BCUT2D eigenvalue weighted by Gasteiger charge is -2.32. The number of nitrogens with zero attached hydrogens (tertiary/aromatic N) is 2. The van der Waals surface area contributed by atoms with Crippen LogP contribution >= 0.6 is 0 Å². The first kappa shape index (κ1) is 14.5. The summed E-state index contributed by atoms with van der Waals surface area (Å²) in [4.78, 5) is 37.7. The van der Waals surface area contributed by atoms with E-state index in [1.54, 1.807) is 0 Å². The number of nitrogens with one attached hydrogen (secondary N) is 1. The molecule has 0 aliphatic carbocycles. The Morgan fingerprint density at radius 2 is 1.83 bits per heavy atom. The standard InChI is InChI=1S/C12H21N3O3/c1-5-14-6-7-15(11(17)10(14)16)12(18)13-9(4)8(2)3/h8-9H,5-7H2,1-4H3,(H,13,18). The molecular weight excluding hydrogens is 234 g/mol. The zero-order chi connectivity index (χ0) is 13.9. The van der Waals surface area contributed by atoms with Gasteiger partial charge in [0.25, 0.3) is 0 Å². The summed E-state index contributed by atoms with van der Waals surface area (Å²) in [5, 5.41) is 2.73. The Hall–Kier alpha value is -1.59. The second-order valence-corrected chi connectivity index (χ2v) is 4.82. The number of carbonyl (C=O) groups is 3. The van der Waals surface area contributed by atoms with Crippen LogP contribution in [0.15, 0.2) is 0 Å². The van der Waals surface area contributed by atoms with Crippen LogP contribution < -0.4 is 5.32 Å². The molecule has 18 heavy (non-hydrogen) atoms. The molecule has 4 amide bonds. The maximum Gasteiger partial charge on any atom is 0.324 e. The second-order valence-electron chi connectivity index (χ2n) is 4.82. The highest BCUT2D eigenvalue weighted by molar-refractivity contribution is 6.38.